The molecule has 50 heavy (non-hydrogen) atoms. The van der Waals surface area contributed by atoms with Gasteiger partial charge in [-0.1, -0.05) is 19.1 Å². The van der Waals surface area contributed by atoms with E-state index in [4.69, 9.17) is 4.74 Å². The van der Waals surface area contributed by atoms with Gasteiger partial charge in [0.05, 0.1) is 10.9 Å². The number of hydrogen-bond donors (Lipinski definition) is 5. The first-order valence-electron chi connectivity index (χ1n) is 17.0. The lowest BCUT2D eigenvalue weighted by molar-refractivity contribution is -0.0504. The average molecular weight is 693 g/mol. The van der Waals surface area contributed by atoms with Gasteiger partial charge >= 0.3 is 18.3 Å². The van der Waals surface area contributed by atoms with Gasteiger partial charge in [-0.05, 0) is 75.3 Å². The number of pyridine rings is 1. The molecule has 2 aromatic heterocycles. The van der Waals surface area contributed by atoms with Gasteiger partial charge in [0.1, 0.15) is 11.4 Å². The Morgan fingerprint density at radius 2 is 1.90 bits per heavy atom. The van der Waals surface area contributed by atoms with Crippen LogP contribution in [0.2, 0.25) is 0 Å². The molecule has 0 radical (unpaired) electrons. The summed E-state index contributed by atoms with van der Waals surface area (Å²) in [6.45, 7) is 4.76. The van der Waals surface area contributed by atoms with Crippen molar-refractivity contribution in [2.24, 2.45) is 0 Å². The molecule has 1 aliphatic heterocycles. The number of fused-ring (bicyclic) bond motifs is 1. The van der Waals surface area contributed by atoms with Crippen molar-refractivity contribution in [3.63, 3.8) is 0 Å². The molecule has 14 heteroatoms. The van der Waals surface area contributed by atoms with Crippen LogP contribution in [0.3, 0.4) is 0 Å². The Bertz CT molecular complexity index is 2060. The fourth-order valence-corrected chi connectivity index (χ4v) is 7.04. The normalized spacial score (nSPS) is 17.3. The Labute approximate surface area is 286 Å². The highest BCUT2D eigenvalue weighted by molar-refractivity contribution is 5.96. The molecule has 2 aromatic carbocycles. The fraction of sp³-hybridized carbons (Fsp3) is 0.444. The van der Waals surface area contributed by atoms with E-state index in [-0.39, 0.29) is 52.2 Å². The van der Waals surface area contributed by atoms with Crippen molar-refractivity contribution in [1.82, 2.24) is 24.8 Å². The second-order valence-electron chi connectivity index (χ2n) is 13.2. The lowest BCUT2D eigenvalue weighted by Gasteiger charge is -2.39. The molecule has 2 aliphatic rings. The molecule has 266 valence electrons. The number of aromatic carboxylic acids is 1. The minimum Gasteiger partial charge on any atom is -0.477 e. The second kappa shape index (κ2) is 14.6. The predicted molar refractivity (Wildman–Crippen MR) is 186 cm³/mol. The summed E-state index contributed by atoms with van der Waals surface area (Å²) < 4.78 is 34.4. The summed E-state index contributed by atoms with van der Waals surface area (Å²) >= 11 is 0. The molecular formula is C36H42F2N6O6. The van der Waals surface area contributed by atoms with Crippen molar-refractivity contribution < 1.29 is 23.4 Å². The number of benzene rings is 2. The highest BCUT2D eigenvalue weighted by Crippen LogP contribution is 2.43. The van der Waals surface area contributed by atoms with Gasteiger partial charge in [-0.25, -0.2) is 9.59 Å². The maximum atomic E-state index is 14.1. The number of nitrogens with one attached hydrogen (secondary N) is 4. The van der Waals surface area contributed by atoms with E-state index in [1.807, 2.05) is 32.0 Å². The highest BCUT2D eigenvalue weighted by Gasteiger charge is 2.34. The Hall–Kier alpha value is -4.82. The summed E-state index contributed by atoms with van der Waals surface area (Å²) in [7, 11) is 0. The number of piperazine rings is 1. The van der Waals surface area contributed by atoms with E-state index in [9.17, 15) is 33.1 Å². The van der Waals surface area contributed by atoms with Crippen LogP contribution in [0.5, 0.6) is 5.75 Å². The van der Waals surface area contributed by atoms with Gasteiger partial charge in [0.25, 0.3) is 5.56 Å². The number of carbonyl (C=O) groups is 1. The Kier molecular flexibility index (Phi) is 10.2. The van der Waals surface area contributed by atoms with Crippen LogP contribution >= 0.6 is 0 Å². The SMILES string of the molecule is CCc1cc(Nc2cc(=O)n(CCC[C@H](c3ccc4c(=O)c(C(=O)O)c(C5CC5)[nH]c4c3OC(F)F)N3CCNC(C)C3)c(=O)[nH]2)ccc1C. The number of halogens is 2. The number of rotatable bonds is 13. The minimum atomic E-state index is -3.22. The summed E-state index contributed by atoms with van der Waals surface area (Å²) in [5.74, 6) is -1.50. The second-order valence-corrected chi connectivity index (χ2v) is 13.2. The third-order valence-corrected chi connectivity index (χ3v) is 9.68. The van der Waals surface area contributed by atoms with Crippen LogP contribution in [0.15, 0.2) is 50.8 Å². The zero-order valence-corrected chi connectivity index (χ0v) is 28.3. The number of alkyl halides is 2. The molecule has 12 nitrogen and oxygen atoms in total. The van der Waals surface area contributed by atoms with E-state index in [1.54, 1.807) is 6.07 Å². The van der Waals surface area contributed by atoms with Gasteiger partial charge < -0.3 is 25.5 Å². The summed E-state index contributed by atoms with van der Waals surface area (Å²) in [5.41, 5.74) is 1.48. The molecule has 5 N–H and O–H groups in total. The van der Waals surface area contributed by atoms with Crippen molar-refractivity contribution in [1.29, 1.82) is 0 Å². The van der Waals surface area contributed by atoms with E-state index in [0.717, 1.165) is 27.8 Å². The molecule has 0 spiro atoms. The molecule has 0 amide bonds. The number of H-pyrrole nitrogens is 2. The van der Waals surface area contributed by atoms with E-state index in [0.29, 0.717) is 50.9 Å². The van der Waals surface area contributed by atoms with Gasteiger partial charge in [0, 0.05) is 67.2 Å². The maximum Gasteiger partial charge on any atom is 0.387 e. The van der Waals surface area contributed by atoms with Gasteiger partial charge in [0.2, 0.25) is 5.43 Å². The molecule has 6 rings (SSSR count). The molecule has 0 bridgehead atoms. The van der Waals surface area contributed by atoms with Gasteiger partial charge in [0.15, 0.2) is 5.75 Å². The Morgan fingerprint density at radius 3 is 2.56 bits per heavy atom. The molecule has 1 saturated heterocycles. The van der Waals surface area contributed by atoms with Crippen LogP contribution in [0, 0.1) is 6.92 Å². The number of aryl methyl sites for hydroxylation is 2. The third kappa shape index (κ3) is 7.36. The van der Waals surface area contributed by atoms with Crippen LogP contribution in [-0.2, 0) is 13.0 Å². The van der Waals surface area contributed by atoms with E-state index < -0.39 is 35.3 Å². The van der Waals surface area contributed by atoms with Crippen LogP contribution in [-0.4, -0.2) is 62.8 Å². The summed E-state index contributed by atoms with van der Waals surface area (Å²) in [4.78, 5) is 59.6. The van der Waals surface area contributed by atoms with Crippen molar-refractivity contribution in [3.05, 3.63) is 95.4 Å². The summed E-state index contributed by atoms with van der Waals surface area (Å²) in [6.07, 6.45) is 2.89. The fourth-order valence-electron chi connectivity index (χ4n) is 7.04. The van der Waals surface area contributed by atoms with Crippen LogP contribution in [0.1, 0.15) is 84.2 Å². The molecule has 2 atom stereocenters. The largest absolute Gasteiger partial charge is 0.477 e. The predicted octanol–water partition coefficient (Wildman–Crippen LogP) is 4.98. The summed E-state index contributed by atoms with van der Waals surface area (Å²) in [6, 6.07) is 9.77. The van der Waals surface area contributed by atoms with Gasteiger partial charge in [-0.3, -0.25) is 24.0 Å². The maximum absolute atomic E-state index is 14.1. The molecular weight excluding hydrogens is 650 g/mol. The number of carboxylic acid groups (broad SMARTS) is 1. The van der Waals surface area contributed by atoms with Crippen LogP contribution in [0.25, 0.3) is 10.9 Å². The lowest BCUT2D eigenvalue weighted by atomic mass is 9.95. The van der Waals surface area contributed by atoms with Gasteiger partial charge in [-0.2, -0.15) is 8.78 Å². The third-order valence-electron chi connectivity index (χ3n) is 9.68. The molecule has 4 aromatic rings. The lowest BCUT2D eigenvalue weighted by Crippen LogP contribution is -2.50. The monoisotopic (exact) mass is 692 g/mol. The zero-order chi connectivity index (χ0) is 35.7. The Morgan fingerprint density at radius 1 is 1.12 bits per heavy atom. The zero-order valence-electron chi connectivity index (χ0n) is 28.3. The molecule has 3 heterocycles. The first-order valence-corrected chi connectivity index (χ1v) is 17.0. The Balaban J connectivity index is 1.32. The quantitative estimate of drug-likeness (QED) is 0.130. The minimum absolute atomic E-state index is 0.0308. The number of hydrogen-bond acceptors (Lipinski definition) is 8. The number of carboxylic acids is 1. The summed E-state index contributed by atoms with van der Waals surface area (Å²) in [5, 5.41) is 16.3. The first kappa shape index (κ1) is 35.0. The standard InChI is InChI=1S/C36H42F2N6O6/c1-4-21-16-23(10-7-19(21)2)40-27-17-28(45)44(36(49)41-27)14-5-6-26(43-15-13-39-20(3)18-43)24-11-12-25-31(33(24)50-35(37)38)42-30(22-8-9-22)29(32(25)46)34(47)48/h7,10-12,16-17,20,22,26,35,39-40H,4-6,8-9,13-15,18H2,1-3H3,(H,41,49)(H,42,46)(H,47,48)/t20?,26-/m1/s1. The first-order chi connectivity index (χ1) is 23.9. The van der Waals surface area contributed by atoms with E-state index >= 15 is 0 Å². The van der Waals surface area contributed by atoms with Crippen LogP contribution in [0.4, 0.5) is 20.3 Å². The number of anilines is 2. The molecule has 2 fully saturated rings. The molecule has 1 aliphatic carbocycles. The smallest absolute Gasteiger partial charge is 0.387 e. The number of aromatic nitrogens is 3. The number of aromatic amines is 2. The number of ether oxygens (including phenoxy) is 1. The van der Waals surface area contributed by atoms with Crippen molar-refractivity contribution >= 4 is 28.4 Å². The molecule has 1 saturated carbocycles. The van der Waals surface area contributed by atoms with E-state index in [2.05, 4.69) is 32.4 Å². The van der Waals surface area contributed by atoms with E-state index in [1.165, 1.54) is 12.1 Å². The van der Waals surface area contributed by atoms with Crippen molar-refractivity contribution in [3.8, 4) is 5.75 Å². The topological polar surface area (TPSA) is 162 Å². The van der Waals surface area contributed by atoms with Crippen molar-refractivity contribution in [2.45, 2.75) is 84.0 Å². The van der Waals surface area contributed by atoms with Gasteiger partial charge in [-0.15, -0.1) is 0 Å². The number of nitrogens with zero attached hydrogens (tertiary/aromatic N) is 2. The van der Waals surface area contributed by atoms with Crippen LogP contribution < -0.4 is 32.0 Å². The highest BCUT2D eigenvalue weighted by atomic mass is 19.3. The van der Waals surface area contributed by atoms with Crippen molar-refractivity contribution in [2.75, 3.05) is 25.0 Å². The molecule has 1 unspecified atom stereocenters. The average Bonchev–Trinajstić information content (AvgIpc) is 3.91.